The van der Waals surface area contributed by atoms with E-state index in [-0.39, 0.29) is 25.3 Å². The SMILES string of the molecule is CN(CCC(=O)O)C(=O)Cc1cc(F)ccc1Br. The van der Waals surface area contributed by atoms with Gasteiger partial charge in [-0.05, 0) is 23.8 Å². The molecule has 0 aliphatic rings. The number of amides is 1. The topological polar surface area (TPSA) is 57.6 Å². The van der Waals surface area contributed by atoms with Gasteiger partial charge in [0.1, 0.15) is 5.82 Å². The molecule has 1 aromatic rings. The Balaban J connectivity index is 2.63. The Hall–Kier alpha value is -1.43. The van der Waals surface area contributed by atoms with E-state index in [1.165, 1.54) is 30.1 Å². The molecular formula is C12H13BrFNO3. The maximum absolute atomic E-state index is 13.0. The first-order valence-corrected chi connectivity index (χ1v) is 6.09. The summed E-state index contributed by atoms with van der Waals surface area (Å²) in [7, 11) is 1.53. The normalized spacial score (nSPS) is 10.2. The van der Waals surface area contributed by atoms with Crippen LogP contribution >= 0.6 is 15.9 Å². The Morgan fingerprint density at radius 2 is 2.11 bits per heavy atom. The second-order valence-electron chi connectivity index (χ2n) is 3.87. The van der Waals surface area contributed by atoms with Gasteiger partial charge in [-0.1, -0.05) is 15.9 Å². The van der Waals surface area contributed by atoms with Crippen molar-refractivity contribution in [1.29, 1.82) is 0 Å². The minimum absolute atomic E-state index is 0.0362. The van der Waals surface area contributed by atoms with Crippen LogP contribution in [0.15, 0.2) is 22.7 Å². The number of halogens is 2. The van der Waals surface area contributed by atoms with Crippen molar-refractivity contribution in [3.63, 3.8) is 0 Å². The van der Waals surface area contributed by atoms with Crippen molar-refractivity contribution in [2.75, 3.05) is 13.6 Å². The quantitative estimate of drug-likeness (QED) is 0.904. The number of carbonyl (C=O) groups excluding carboxylic acids is 1. The molecule has 0 heterocycles. The van der Waals surface area contributed by atoms with Gasteiger partial charge in [0.15, 0.2) is 0 Å². The van der Waals surface area contributed by atoms with Gasteiger partial charge >= 0.3 is 5.97 Å². The lowest BCUT2D eigenvalue weighted by Gasteiger charge is -2.16. The molecule has 0 unspecified atom stereocenters. The van der Waals surface area contributed by atoms with Gasteiger partial charge in [0.2, 0.25) is 5.91 Å². The van der Waals surface area contributed by atoms with E-state index >= 15 is 0 Å². The fourth-order valence-corrected chi connectivity index (χ4v) is 1.75. The highest BCUT2D eigenvalue weighted by molar-refractivity contribution is 9.10. The third kappa shape index (κ3) is 4.44. The molecule has 4 nitrogen and oxygen atoms in total. The highest BCUT2D eigenvalue weighted by Crippen LogP contribution is 2.18. The lowest BCUT2D eigenvalue weighted by molar-refractivity contribution is -0.138. The van der Waals surface area contributed by atoms with Gasteiger partial charge in [0, 0.05) is 18.1 Å². The molecule has 0 atom stereocenters. The van der Waals surface area contributed by atoms with Gasteiger partial charge < -0.3 is 10.0 Å². The summed E-state index contributed by atoms with van der Waals surface area (Å²) in [6, 6.07) is 4.12. The zero-order valence-corrected chi connectivity index (χ0v) is 11.4. The van der Waals surface area contributed by atoms with Crippen LogP contribution in [0.2, 0.25) is 0 Å². The monoisotopic (exact) mass is 317 g/mol. The number of aliphatic carboxylic acids is 1. The number of nitrogens with zero attached hydrogens (tertiary/aromatic N) is 1. The van der Waals surface area contributed by atoms with Crippen LogP contribution in [0.1, 0.15) is 12.0 Å². The van der Waals surface area contributed by atoms with Gasteiger partial charge in [-0.2, -0.15) is 0 Å². The first-order chi connectivity index (χ1) is 8.40. The molecule has 18 heavy (non-hydrogen) atoms. The summed E-state index contributed by atoms with van der Waals surface area (Å²) < 4.78 is 13.7. The summed E-state index contributed by atoms with van der Waals surface area (Å²) in [6.45, 7) is 0.140. The molecule has 1 aromatic carbocycles. The molecule has 98 valence electrons. The maximum Gasteiger partial charge on any atom is 0.305 e. The molecule has 0 aliphatic carbocycles. The molecule has 0 saturated carbocycles. The predicted molar refractivity (Wildman–Crippen MR) is 67.7 cm³/mol. The average Bonchev–Trinajstić information content (AvgIpc) is 2.30. The first-order valence-electron chi connectivity index (χ1n) is 5.30. The van der Waals surface area contributed by atoms with E-state index in [1.807, 2.05) is 0 Å². The van der Waals surface area contributed by atoms with Crippen LogP contribution in [0, 0.1) is 5.82 Å². The van der Waals surface area contributed by atoms with Gasteiger partial charge in [-0.25, -0.2) is 4.39 Å². The van der Waals surface area contributed by atoms with Crippen molar-refractivity contribution < 1.29 is 19.1 Å². The first kappa shape index (κ1) is 14.6. The van der Waals surface area contributed by atoms with Crippen LogP contribution in [0.4, 0.5) is 4.39 Å². The summed E-state index contributed by atoms with van der Waals surface area (Å²) in [5.74, 6) is -1.61. The van der Waals surface area contributed by atoms with Crippen LogP contribution in [0.5, 0.6) is 0 Å². The van der Waals surface area contributed by atoms with E-state index in [9.17, 15) is 14.0 Å². The van der Waals surface area contributed by atoms with Crippen LogP contribution in [0.3, 0.4) is 0 Å². The van der Waals surface area contributed by atoms with Gasteiger partial charge in [-0.3, -0.25) is 9.59 Å². The summed E-state index contributed by atoms with van der Waals surface area (Å²) in [4.78, 5) is 23.5. The molecular weight excluding hydrogens is 305 g/mol. The van der Waals surface area contributed by atoms with Crippen molar-refractivity contribution in [2.45, 2.75) is 12.8 Å². The van der Waals surface area contributed by atoms with E-state index in [4.69, 9.17) is 5.11 Å². The predicted octanol–water partition coefficient (Wildman–Crippen LogP) is 2.06. The molecule has 1 amide bonds. The summed E-state index contributed by atoms with van der Waals surface area (Å²) in [6.07, 6.45) is -0.0684. The molecule has 0 saturated heterocycles. The standard InChI is InChI=1S/C12H13BrFNO3/c1-15(5-4-12(17)18)11(16)7-8-6-9(14)2-3-10(8)13/h2-3,6H,4-5,7H2,1H3,(H,17,18). The van der Waals surface area contributed by atoms with Crippen molar-refractivity contribution in [2.24, 2.45) is 0 Å². The maximum atomic E-state index is 13.0. The van der Waals surface area contributed by atoms with Crippen LogP contribution < -0.4 is 0 Å². The molecule has 0 radical (unpaired) electrons. The number of rotatable bonds is 5. The van der Waals surface area contributed by atoms with Gasteiger partial charge in [0.25, 0.3) is 0 Å². The van der Waals surface area contributed by atoms with Crippen LogP contribution in [-0.4, -0.2) is 35.5 Å². The van der Waals surface area contributed by atoms with Crippen molar-refractivity contribution >= 4 is 27.8 Å². The zero-order chi connectivity index (χ0) is 13.7. The van der Waals surface area contributed by atoms with E-state index in [0.29, 0.717) is 10.0 Å². The molecule has 1 rings (SSSR count). The highest BCUT2D eigenvalue weighted by Gasteiger charge is 2.13. The van der Waals surface area contributed by atoms with E-state index in [0.717, 1.165) is 0 Å². The summed E-state index contributed by atoms with van der Waals surface area (Å²) >= 11 is 3.24. The van der Waals surface area contributed by atoms with Gasteiger partial charge in [-0.15, -0.1) is 0 Å². The second kappa shape index (κ2) is 6.49. The molecule has 1 N–H and O–H groups in total. The Kier molecular flexibility index (Phi) is 5.27. The highest BCUT2D eigenvalue weighted by atomic mass is 79.9. The molecule has 6 heteroatoms. The van der Waals surface area contributed by atoms with Gasteiger partial charge in [0.05, 0.1) is 12.8 Å². The van der Waals surface area contributed by atoms with Crippen molar-refractivity contribution in [1.82, 2.24) is 4.90 Å². The molecule has 0 bridgehead atoms. The average molecular weight is 318 g/mol. The third-order valence-corrected chi connectivity index (χ3v) is 3.21. The largest absolute Gasteiger partial charge is 0.481 e. The van der Waals surface area contributed by atoms with Crippen molar-refractivity contribution in [3.8, 4) is 0 Å². The number of carboxylic acid groups (broad SMARTS) is 1. The number of carbonyl (C=O) groups is 2. The Labute approximate surface area is 113 Å². The lowest BCUT2D eigenvalue weighted by atomic mass is 10.1. The Morgan fingerprint density at radius 3 is 2.72 bits per heavy atom. The smallest absolute Gasteiger partial charge is 0.305 e. The number of hydrogen-bond acceptors (Lipinski definition) is 2. The summed E-state index contributed by atoms with van der Waals surface area (Å²) in [5, 5.41) is 8.52. The number of likely N-dealkylation sites (N-methyl/N-ethyl adjacent to an activating group) is 1. The van der Waals surface area contributed by atoms with E-state index in [1.54, 1.807) is 0 Å². The third-order valence-electron chi connectivity index (χ3n) is 2.44. The fourth-order valence-electron chi connectivity index (χ4n) is 1.36. The van der Waals surface area contributed by atoms with E-state index < -0.39 is 11.8 Å². The van der Waals surface area contributed by atoms with Crippen LogP contribution in [0.25, 0.3) is 0 Å². The lowest BCUT2D eigenvalue weighted by Crippen LogP contribution is -2.30. The molecule has 0 spiro atoms. The molecule has 0 aromatic heterocycles. The number of benzene rings is 1. The van der Waals surface area contributed by atoms with E-state index in [2.05, 4.69) is 15.9 Å². The molecule has 0 aliphatic heterocycles. The van der Waals surface area contributed by atoms with Crippen LogP contribution in [-0.2, 0) is 16.0 Å². The summed E-state index contributed by atoms with van der Waals surface area (Å²) in [5.41, 5.74) is 0.544. The minimum atomic E-state index is -0.957. The minimum Gasteiger partial charge on any atom is -0.481 e. The fraction of sp³-hybridized carbons (Fsp3) is 0.333. The Morgan fingerprint density at radius 1 is 1.44 bits per heavy atom. The number of hydrogen-bond donors (Lipinski definition) is 1. The van der Waals surface area contributed by atoms with Crippen molar-refractivity contribution in [3.05, 3.63) is 34.1 Å². The molecule has 0 fully saturated rings. The zero-order valence-electron chi connectivity index (χ0n) is 9.82. The number of carboxylic acids is 1. The second-order valence-corrected chi connectivity index (χ2v) is 4.73. The Bertz CT molecular complexity index is 465.